The molecule has 0 aromatic heterocycles. The number of hydrogen-bond acceptors (Lipinski definition) is 9. The van der Waals surface area contributed by atoms with Crippen molar-refractivity contribution >= 4 is 36.0 Å². The van der Waals surface area contributed by atoms with E-state index in [0.29, 0.717) is 0 Å². The number of hydrogen-bond donors (Lipinski definition) is 1. The Morgan fingerprint density at radius 2 is 1.29 bits per heavy atom. The second-order valence-electron chi connectivity index (χ2n) is 7.45. The van der Waals surface area contributed by atoms with Crippen LogP contribution in [0.25, 0.3) is 0 Å². The molecule has 0 spiro atoms. The topological polar surface area (TPSA) is 147 Å². The molecular weight excluding hydrogens is 574 g/mol. The predicted octanol–water partition coefficient (Wildman–Crippen LogP) is -0.415. The number of carbonyl (C=O) groups is 1. The molecule has 1 unspecified atom stereocenters. The molecule has 0 saturated carbocycles. The second kappa shape index (κ2) is 8.89. The lowest BCUT2D eigenvalue weighted by Gasteiger charge is -2.40. The van der Waals surface area contributed by atoms with Gasteiger partial charge in [0.15, 0.2) is 0 Å². The highest BCUT2D eigenvalue weighted by Gasteiger charge is 2.88. The van der Waals surface area contributed by atoms with Crippen LogP contribution in [0.5, 0.6) is 0 Å². The average molecular weight is 591 g/mol. The molecule has 0 radical (unpaired) electrons. The van der Waals surface area contributed by atoms with Crippen LogP contribution in [0.4, 0.5) is 35.1 Å². The zero-order chi connectivity index (χ0) is 27.5. The Kier molecular flexibility index (Phi) is 7.58. The van der Waals surface area contributed by atoms with Crippen molar-refractivity contribution in [2.75, 3.05) is 39.0 Å². The smallest absolute Gasteiger partial charge is 0.428 e. The fourth-order valence-corrected chi connectivity index (χ4v) is 7.08. The molecule has 1 atom stereocenters. The van der Waals surface area contributed by atoms with Crippen LogP contribution < -0.4 is 4.13 Å². The van der Waals surface area contributed by atoms with Gasteiger partial charge in [-0.1, -0.05) is 0 Å². The van der Waals surface area contributed by atoms with E-state index in [2.05, 4.69) is 4.74 Å². The van der Waals surface area contributed by atoms with Crippen LogP contribution in [0.1, 0.15) is 6.42 Å². The largest absolute Gasteiger partial charge is 0.464 e. The lowest BCUT2D eigenvalue weighted by molar-refractivity contribution is -0.326. The van der Waals surface area contributed by atoms with Gasteiger partial charge in [-0.05, 0) is 0 Å². The summed E-state index contributed by atoms with van der Waals surface area (Å²) < 4.78 is 186. The number of ether oxygens (including phenoxy) is 1. The Bertz CT molecular complexity index is 1170. The van der Waals surface area contributed by atoms with Crippen molar-refractivity contribution in [2.24, 2.45) is 0 Å². The van der Waals surface area contributed by atoms with Crippen LogP contribution in [-0.4, -0.2) is 108 Å². The maximum Gasteiger partial charge on any atom is 0.428 e. The minimum atomic E-state index is -7.64. The Balaban J connectivity index is 2.37. The van der Waals surface area contributed by atoms with E-state index >= 15 is 0 Å². The highest BCUT2D eigenvalue weighted by Crippen LogP contribution is 2.56. The summed E-state index contributed by atoms with van der Waals surface area (Å²) in [6.45, 7) is -3.16. The fraction of sp³-hybridized carbons (Fsp3) is 0.923. The van der Waals surface area contributed by atoms with Crippen LogP contribution in [0.3, 0.4) is 0 Å². The van der Waals surface area contributed by atoms with Crippen LogP contribution in [0.2, 0.25) is 0 Å². The first-order valence-corrected chi connectivity index (χ1v) is 13.9. The third-order valence-electron chi connectivity index (χ3n) is 5.01. The molecule has 206 valence electrons. The first kappa shape index (κ1) is 29.9. The van der Waals surface area contributed by atoms with E-state index in [-0.39, 0.29) is 23.4 Å². The van der Waals surface area contributed by atoms with Gasteiger partial charge in [-0.2, -0.15) is 39.4 Å². The third-order valence-corrected chi connectivity index (χ3v) is 9.98. The van der Waals surface area contributed by atoms with Gasteiger partial charge in [0.25, 0.3) is 20.0 Å². The molecule has 0 aromatic rings. The van der Waals surface area contributed by atoms with Crippen molar-refractivity contribution < 1.29 is 69.9 Å². The summed E-state index contributed by atoms with van der Waals surface area (Å²) in [6, 6.07) is -0.905. The highest BCUT2D eigenvalue weighted by molar-refractivity contribution is 8.04. The molecule has 2 fully saturated rings. The van der Waals surface area contributed by atoms with Gasteiger partial charge in [-0.25, -0.2) is 25.3 Å². The Morgan fingerprint density at radius 1 is 0.829 bits per heavy atom. The number of nitrogens with zero attached hydrogens (tertiary/aromatic N) is 2. The summed E-state index contributed by atoms with van der Waals surface area (Å²) in [5.74, 6) is -15.9. The van der Waals surface area contributed by atoms with Gasteiger partial charge in [-0.3, -0.25) is 9.69 Å². The number of halogens is 8. The normalized spacial score (nSPS) is 22.9. The number of carbonyl (C=O) groups excluding carboxylic acids is 1. The maximum atomic E-state index is 14.4. The molecule has 35 heavy (non-hydrogen) atoms. The van der Waals surface area contributed by atoms with E-state index in [1.165, 1.54) is 4.90 Å². The lowest BCUT2D eigenvalue weighted by atomic mass is 10.2. The summed E-state index contributed by atoms with van der Waals surface area (Å²) in [4.78, 5) is 12.8. The van der Waals surface area contributed by atoms with Gasteiger partial charge in [-0.15, -0.1) is 4.13 Å². The van der Waals surface area contributed by atoms with Crippen LogP contribution in [0.15, 0.2) is 0 Å². The van der Waals surface area contributed by atoms with E-state index in [4.69, 9.17) is 0 Å². The van der Waals surface area contributed by atoms with Gasteiger partial charge in [0, 0.05) is 32.6 Å². The lowest BCUT2D eigenvalue weighted by Crippen LogP contribution is -2.69. The van der Waals surface area contributed by atoms with E-state index in [1.807, 2.05) is 0 Å². The number of piperazine rings is 1. The van der Waals surface area contributed by atoms with Crippen molar-refractivity contribution in [3.05, 3.63) is 0 Å². The summed E-state index contributed by atoms with van der Waals surface area (Å²) in [6.07, 6.45) is -0.0159. The standard InChI is InChI=1S/C13H17F8N3O8S3/c1-33(26,27)22-34(28,29)12(18,19)10(14,15)11(16,17)13(20,21)35(30,31)24-5-3-23(4-6-24)8-2-7-32-9(8)25/h8,22H,2-7H2,1H3. The number of rotatable bonds is 9. The van der Waals surface area contributed by atoms with Gasteiger partial charge < -0.3 is 4.74 Å². The Hall–Kier alpha value is -1.36. The molecule has 1 N–H and O–H groups in total. The summed E-state index contributed by atoms with van der Waals surface area (Å²) >= 11 is 0. The number of nitrogens with one attached hydrogen (secondary N) is 1. The van der Waals surface area contributed by atoms with E-state index in [0.717, 1.165) is 0 Å². The Labute approximate surface area is 193 Å². The maximum absolute atomic E-state index is 14.4. The molecule has 2 rings (SSSR count). The van der Waals surface area contributed by atoms with E-state index in [1.54, 1.807) is 0 Å². The molecule has 2 aliphatic rings. The van der Waals surface area contributed by atoms with Crippen molar-refractivity contribution in [1.29, 1.82) is 0 Å². The fourth-order valence-electron chi connectivity index (χ4n) is 3.18. The zero-order valence-corrected chi connectivity index (χ0v) is 19.7. The Morgan fingerprint density at radius 3 is 1.69 bits per heavy atom. The van der Waals surface area contributed by atoms with Crippen LogP contribution in [-0.2, 0) is 39.6 Å². The third kappa shape index (κ3) is 4.83. The molecule has 0 aliphatic carbocycles. The first-order valence-electron chi connectivity index (χ1n) is 9.09. The molecule has 2 aliphatic heterocycles. The predicted molar refractivity (Wildman–Crippen MR) is 98.1 cm³/mol. The molecule has 11 nitrogen and oxygen atoms in total. The molecule has 2 heterocycles. The van der Waals surface area contributed by atoms with Crippen molar-refractivity contribution in [2.45, 2.75) is 34.8 Å². The van der Waals surface area contributed by atoms with E-state index in [9.17, 15) is 65.2 Å². The quantitative estimate of drug-likeness (QED) is 0.279. The molecule has 22 heteroatoms. The van der Waals surface area contributed by atoms with E-state index < -0.39 is 94.9 Å². The van der Waals surface area contributed by atoms with Gasteiger partial charge in [0.2, 0.25) is 10.0 Å². The average Bonchev–Trinajstić information content (AvgIpc) is 3.11. The summed E-state index contributed by atoms with van der Waals surface area (Å²) in [5.41, 5.74) is 0. The number of esters is 1. The number of alkyl halides is 8. The van der Waals surface area contributed by atoms with Crippen molar-refractivity contribution in [3.63, 3.8) is 0 Å². The molecule has 0 amide bonds. The zero-order valence-electron chi connectivity index (χ0n) is 17.2. The molecular formula is C13H17F8N3O8S3. The monoisotopic (exact) mass is 591 g/mol. The number of cyclic esters (lactones) is 1. The minimum absolute atomic E-state index is 0.00724. The minimum Gasteiger partial charge on any atom is -0.464 e. The molecule has 0 bridgehead atoms. The van der Waals surface area contributed by atoms with Crippen molar-refractivity contribution in [1.82, 2.24) is 13.3 Å². The number of sulfonamides is 3. The second-order valence-corrected chi connectivity index (χ2v) is 13.2. The summed E-state index contributed by atoms with van der Waals surface area (Å²) in [7, 11) is -19.5. The van der Waals surface area contributed by atoms with Gasteiger partial charge >= 0.3 is 28.3 Å². The highest BCUT2D eigenvalue weighted by atomic mass is 32.3. The molecule has 2 saturated heterocycles. The van der Waals surface area contributed by atoms with Crippen molar-refractivity contribution in [3.8, 4) is 0 Å². The summed E-state index contributed by atoms with van der Waals surface area (Å²) in [5, 5.41) is -14.2. The molecule has 0 aromatic carbocycles. The van der Waals surface area contributed by atoms with Crippen LogP contribution in [0, 0.1) is 0 Å². The SMILES string of the molecule is CS(=O)(=O)NS(=O)(=O)C(F)(F)C(F)(F)C(F)(F)C(F)(F)S(=O)(=O)N1CCN(C2CCOC2=O)CC1. The first-order chi connectivity index (χ1) is 15.4. The van der Waals surface area contributed by atoms with Gasteiger partial charge in [0.1, 0.15) is 6.04 Å². The van der Waals surface area contributed by atoms with Crippen LogP contribution >= 0.6 is 0 Å². The van der Waals surface area contributed by atoms with Gasteiger partial charge in [0.05, 0.1) is 12.9 Å².